The molecule has 5 aromatic rings. The Balaban J connectivity index is 1.75. The van der Waals surface area contributed by atoms with Gasteiger partial charge in [0.2, 0.25) is 0 Å². The lowest BCUT2D eigenvalue weighted by atomic mass is 10.2. The van der Waals surface area contributed by atoms with E-state index in [1.165, 1.54) is 25.5 Å². The first kappa shape index (κ1) is 19.7. The fraction of sp³-hybridized carbons (Fsp3) is 0.0357. The summed E-state index contributed by atoms with van der Waals surface area (Å²) in [6, 6.07) is 43.5. The first-order valence-corrected chi connectivity index (χ1v) is 13.1. The third kappa shape index (κ3) is 3.68. The van der Waals surface area contributed by atoms with Gasteiger partial charge in [0.25, 0.3) is 0 Å². The van der Waals surface area contributed by atoms with Gasteiger partial charge in [0, 0.05) is 9.58 Å². The van der Waals surface area contributed by atoms with Gasteiger partial charge in [0.05, 0.1) is 11.6 Å². The standard InChI is InChI=1S/C28H21NPS/c29-20-22-16-17-28-23(18-22)19-27(31-28)21-30(24-10-4-1-5-11-24,25-12-6-2-7-13-25)26-14-8-3-9-15-26/h1-19H,21H2/q+1. The zero-order valence-corrected chi connectivity index (χ0v) is 18.7. The van der Waals surface area contributed by atoms with Gasteiger partial charge in [-0.2, -0.15) is 5.26 Å². The van der Waals surface area contributed by atoms with Crippen LogP contribution in [0.15, 0.2) is 115 Å². The SMILES string of the molecule is N#Cc1ccc2sc(C[P+](c3ccccc3)(c3ccccc3)c3ccccc3)cc2c1. The highest BCUT2D eigenvalue weighted by Gasteiger charge is 2.45. The highest BCUT2D eigenvalue weighted by Crippen LogP contribution is 2.59. The molecule has 0 unspecified atom stereocenters. The van der Waals surface area contributed by atoms with Crippen molar-refractivity contribution in [2.75, 3.05) is 0 Å². The van der Waals surface area contributed by atoms with Crippen LogP contribution >= 0.6 is 18.6 Å². The number of hydrogen-bond donors (Lipinski definition) is 0. The molecule has 0 saturated heterocycles. The smallest absolute Gasteiger partial charge is 0.117 e. The minimum Gasteiger partial charge on any atom is -0.192 e. The molecule has 0 aliphatic rings. The minimum atomic E-state index is -1.90. The largest absolute Gasteiger partial charge is 0.192 e. The summed E-state index contributed by atoms with van der Waals surface area (Å²) in [6.45, 7) is 0. The molecule has 4 aromatic carbocycles. The van der Waals surface area contributed by atoms with Gasteiger partial charge < -0.3 is 0 Å². The molecule has 0 atom stereocenters. The van der Waals surface area contributed by atoms with Crippen LogP contribution in [0.25, 0.3) is 10.1 Å². The molecule has 0 bridgehead atoms. The van der Waals surface area contributed by atoms with Crippen LogP contribution in [0.5, 0.6) is 0 Å². The van der Waals surface area contributed by atoms with E-state index in [-0.39, 0.29) is 0 Å². The lowest BCUT2D eigenvalue weighted by Crippen LogP contribution is -2.32. The van der Waals surface area contributed by atoms with Gasteiger partial charge in [-0.15, -0.1) is 11.3 Å². The Morgan fingerprint density at radius 1 is 0.645 bits per heavy atom. The highest BCUT2D eigenvalue weighted by atomic mass is 32.1. The predicted octanol–water partition coefficient (Wildman–Crippen LogP) is 6.27. The van der Waals surface area contributed by atoms with Crippen LogP contribution in [0.2, 0.25) is 0 Å². The Labute approximate surface area is 187 Å². The van der Waals surface area contributed by atoms with E-state index < -0.39 is 7.26 Å². The molecular formula is C28H21NPS+. The van der Waals surface area contributed by atoms with Crippen LogP contribution < -0.4 is 15.9 Å². The van der Waals surface area contributed by atoms with Gasteiger partial charge in [0.1, 0.15) is 29.3 Å². The molecule has 1 aromatic heterocycles. The maximum absolute atomic E-state index is 9.30. The van der Waals surface area contributed by atoms with E-state index in [9.17, 15) is 5.26 Å². The average Bonchev–Trinajstić information content (AvgIpc) is 3.25. The van der Waals surface area contributed by atoms with E-state index in [4.69, 9.17) is 0 Å². The Kier molecular flexibility index (Phi) is 5.39. The zero-order chi connectivity index (χ0) is 21.1. The number of benzene rings is 4. The Morgan fingerprint density at radius 2 is 1.16 bits per heavy atom. The van der Waals surface area contributed by atoms with Crippen LogP contribution in [0.3, 0.4) is 0 Å². The van der Waals surface area contributed by atoms with Crippen molar-refractivity contribution in [2.45, 2.75) is 6.16 Å². The van der Waals surface area contributed by atoms with E-state index in [2.05, 4.69) is 109 Å². The van der Waals surface area contributed by atoms with Crippen molar-refractivity contribution in [3.63, 3.8) is 0 Å². The van der Waals surface area contributed by atoms with Gasteiger partial charge in [0.15, 0.2) is 0 Å². The zero-order valence-electron chi connectivity index (χ0n) is 17.0. The third-order valence-electron chi connectivity index (χ3n) is 5.68. The van der Waals surface area contributed by atoms with Crippen molar-refractivity contribution < 1.29 is 0 Å². The second kappa shape index (κ2) is 8.48. The van der Waals surface area contributed by atoms with E-state index in [0.29, 0.717) is 5.56 Å². The lowest BCUT2D eigenvalue weighted by molar-refractivity contribution is 1.49. The molecule has 148 valence electrons. The van der Waals surface area contributed by atoms with Gasteiger partial charge >= 0.3 is 0 Å². The molecule has 1 nitrogen and oxygen atoms in total. The first-order chi connectivity index (χ1) is 15.3. The molecule has 31 heavy (non-hydrogen) atoms. The molecule has 5 rings (SSSR count). The molecule has 1 heterocycles. The topological polar surface area (TPSA) is 23.8 Å². The number of hydrogen-bond acceptors (Lipinski definition) is 2. The Morgan fingerprint density at radius 3 is 1.65 bits per heavy atom. The summed E-state index contributed by atoms with van der Waals surface area (Å²) in [5.74, 6) is 0. The van der Waals surface area contributed by atoms with Crippen LogP contribution in [-0.4, -0.2) is 0 Å². The van der Waals surface area contributed by atoms with E-state index in [1.807, 2.05) is 23.5 Å². The Hall–Kier alpha value is -3.24. The van der Waals surface area contributed by atoms with Crippen molar-refractivity contribution in [2.24, 2.45) is 0 Å². The fourth-order valence-corrected chi connectivity index (χ4v) is 9.97. The first-order valence-electron chi connectivity index (χ1n) is 10.3. The fourth-order valence-electron chi connectivity index (χ4n) is 4.25. The van der Waals surface area contributed by atoms with Crippen LogP contribution in [0.1, 0.15) is 10.4 Å². The van der Waals surface area contributed by atoms with E-state index >= 15 is 0 Å². The van der Waals surface area contributed by atoms with E-state index in [0.717, 1.165) is 11.5 Å². The Bertz CT molecular complexity index is 1260. The van der Waals surface area contributed by atoms with Crippen LogP contribution in [0.4, 0.5) is 0 Å². The molecule has 0 N–H and O–H groups in total. The summed E-state index contributed by atoms with van der Waals surface area (Å²) in [4.78, 5) is 1.36. The molecule has 0 amide bonds. The van der Waals surface area contributed by atoms with Crippen molar-refractivity contribution in [1.29, 1.82) is 5.26 Å². The number of nitrogens with zero attached hydrogens (tertiary/aromatic N) is 1. The number of rotatable bonds is 5. The lowest BCUT2D eigenvalue weighted by Gasteiger charge is -2.27. The van der Waals surface area contributed by atoms with Crippen molar-refractivity contribution >= 4 is 44.6 Å². The van der Waals surface area contributed by atoms with Crippen molar-refractivity contribution in [1.82, 2.24) is 0 Å². The molecule has 0 radical (unpaired) electrons. The molecule has 0 saturated carbocycles. The summed E-state index contributed by atoms with van der Waals surface area (Å²) >= 11 is 1.85. The third-order valence-corrected chi connectivity index (χ3v) is 11.4. The number of fused-ring (bicyclic) bond motifs is 1. The second-order valence-corrected chi connectivity index (χ2v) is 12.2. The summed E-state index contributed by atoms with van der Waals surface area (Å²) < 4.78 is 1.24. The minimum absolute atomic E-state index is 0.715. The van der Waals surface area contributed by atoms with Gasteiger partial charge in [-0.25, -0.2) is 0 Å². The quantitative estimate of drug-likeness (QED) is 0.299. The summed E-state index contributed by atoms with van der Waals surface area (Å²) in [7, 11) is -1.90. The monoisotopic (exact) mass is 434 g/mol. The molecule has 3 heteroatoms. The van der Waals surface area contributed by atoms with Crippen molar-refractivity contribution in [3.05, 3.63) is 126 Å². The second-order valence-electron chi connectivity index (χ2n) is 7.55. The average molecular weight is 435 g/mol. The number of nitriles is 1. The maximum atomic E-state index is 9.30. The van der Waals surface area contributed by atoms with Crippen molar-refractivity contribution in [3.8, 4) is 6.07 Å². The highest BCUT2D eigenvalue weighted by molar-refractivity contribution is 7.95. The molecule has 0 aliphatic carbocycles. The maximum Gasteiger partial charge on any atom is 0.117 e. The molecular weight excluding hydrogens is 413 g/mol. The molecule has 0 fully saturated rings. The summed E-state index contributed by atoms with van der Waals surface area (Å²) in [5.41, 5.74) is 0.715. The van der Waals surface area contributed by atoms with Gasteiger partial charge in [-0.05, 0) is 66.0 Å². The molecule has 0 aliphatic heterocycles. The summed E-state index contributed by atoms with van der Waals surface area (Å²) in [5, 5.41) is 14.6. The van der Waals surface area contributed by atoms with Crippen LogP contribution in [0, 0.1) is 11.3 Å². The number of thiophene rings is 1. The van der Waals surface area contributed by atoms with Gasteiger partial charge in [-0.1, -0.05) is 54.6 Å². The van der Waals surface area contributed by atoms with Gasteiger partial charge in [-0.3, -0.25) is 0 Å². The van der Waals surface area contributed by atoms with Crippen LogP contribution in [-0.2, 0) is 6.16 Å². The molecule has 0 spiro atoms. The summed E-state index contributed by atoms with van der Waals surface area (Å²) in [6.07, 6.45) is 0.965. The van der Waals surface area contributed by atoms with E-state index in [1.54, 1.807) is 0 Å². The normalized spacial score (nSPS) is 11.3. The predicted molar refractivity (Wildman–Crippen MR) is 135 cm³/mol.